The fourth-order valence-corrected chi connectivity index (χ4v) is 2.48. The molecule has 0 aromatic heterocycles. The Kier molecular flexibility index (Phi) is 4.80. The highest BCUT2D eigenvalue weighted by Gasteiger charge is 2.21. The van der Waals surface area contributed by atoms with Crippen molar-refractivity contribution in [3.63, 3.8) is 0 Å². The van der Waals surface area contributed by atoms with Crippen molar-refractivity contribution in [3.8, 4) is 0 Å². The van der Waals surface area contributed by atoms with Crippen LogP contribution in [0, 0.1) is 11.8 Å². The lowest BCUT2D eigenvalue weighted by atomic mass is 9.85. The van der Waals surface area contributed by atoms with Crippen molar-refractivity contribution in [1.29, 1.82) is 0 Å². The lowest BCUT2D eigenvalue weighted by Crippen LogP contribution is -2.47. The summed E-state index contributed by atoms with van der Waals surface area (Å²) in [7, 11) is 0. The van der Waals surface area contributed by atoms with Gasteiger partial charge in [-0.05, 0) is 18.8 Å². The summed E-state index contributed by atoms with van der Waals surface area (Å²) >= 11 is 0. The van der Waals surface area contributed by atoms with Gasteiger partial charge in [-0.3, -0.25) is 4.79 Å². The molecule has 2 aliphatic rings. The van der Waals surface area contributed by atoms with Gasteiger partial charge in [-0.2, -0.15) is 0 Å². The van der Waals surface area contributed by atoms with Crippen molar-refractivity contribution in [2.75, 3.05) is 39.3 Å². The first-order chi connectivity index (χ1) is 8.25. The monoisotopic (exact) mass is 239 g/mol. The molecule has 2 rings (SSSR count). The lowest BCUT2D eigenvalue weighted by Gasteiger charge is -2.30. The maximum Gasteiger partial charge on any atom is 0.224 e. The van der Waals surface area contributed by atoms with Crippen LogP contribution in [0.5, 0.6) is 0 Å². The molecular weight excluding hydrogens is 214 g/mol. The summed E-state index contributed by atoms with van der Waals surface area (Å²) in [4.78, 5) is 14.3. The van der Waals surface area contributed by atoms with Gasteiger partial charge < -0.3 is 15.5 Å². The van der Waals surface area contributed by atoms with Gasteiger partial charge in [0.25, 0.3) is 0 Å². The van der Waals surface area contributed by atoms with E-state index in [1.165, 1.54) is 19.3 Å². The molecule has 1 heterocycles. The molecule has 0 spiro atoms. The van der Waals surface area contributed by atoms with Crippen molar-refractivity contribution >= 4 is 5.91 Å². The van der Waals surface area contributed by atoms with E-state index in [0.29, 0.717) is 0 Å². The average molecular weight is 239 g/mol. The van der Waals surface area contributed by atoms with Gasteiger partial charge in [0.05, 0.1) is 0 Å². The standard InChI is InChI=1S/C13H25N3O/c1-11(10-16-7-5-14-6-8-16)13(17)15-9-12-3-2-4-12/h11-12,14H,2-10H2,1H3,(H,15,17). The zero-order valence-corrected chi connectivity index (χ0v) is 10.9. The zero-order chi connectivity index (χ0) is 12.1. The highest BCUT2D eigenvalue weighted by molar-refractivity contribution is 5.78. The first kappa shape index (κ1) is 12.8. The van der Waals surface area contributed by atoms with Crippen LogP contribution in [-0.2, 0) is 4.79 Å². The number of amides is 1. The second kappa shape index (κ2) is 6.36. The van der Waals surface area contributed by atoms with Gasteiger partial charge in [0.15, 0.2) is 0 Å². The maximum atomic E-state index is 11.9. The van der Waals surface area contributed by atoms with Gasteiger partial charge in [-0.1, -0.05) is 13.3 Å². The first-order valence-corrected chi connectivity index (χ1v) is 6.96. The number of hydrogen-bond acceptors (Lipinski definition) is 3. The Labute approximate surface area is 104 Å². The Hall–Kier alpha value is -0.610. The molecule has 2 N–H and O–H groups in total. The van der Waals surface area contributed by atoms with Crippen molar-refractivity contribution in [1.82, 2.24) is 15.5 Å². The van der Waals surface area contributed by atoms with Crippen LogP contribution >= 0.6 is 0 Å². The molecule has 17 heavy (non-hydrogen) atoms. The Balaban J connectivity index is 1.62. The summed E-state index contributed by atoms with van der Waals surface area (Å²) in [6.45, 7) is 8.08. The van der Waals surface area contributed by atoms with E-state index in [2.05, 4.69) is 15.5 Å². The minimum absolute atomic E-state index is 0.119. The van der Waals surface area contributed by atoms with Crippen LogP contribution in [0.2, 0.25) is 0 Å². The topological polar surface area (TPSA) is 44.4 Å². The van der Waals surface area contributed by atoms with Crippen molar-refractivity contribution in [2.45, 2.75) is 26.2 Å². The van der Waals surface area contributed by atoms with Crippen LogP contribution in [0.3, 0.4) is 0 Å². The lowest BCUT2D eigenvalue weighted by molar-refractivity contribution is -0.125. The van der Waals surface area contributed by atoms with E-state index in [1.54, 1.807) is 0 Å². The third-order valence-electron chi connectivity index (χ3n) is 3.98. The third kappa shape index (κ3) is 3.96. The molecule has 98 valence electrons. The van der Waals surface area contributed by atoms with Crippen molar-refractivity contribution in [3.05, 3.63) is 0 Å². The molecule has 1 saturated carbocycles. The van der Waals surface area contributed by atoms with Crippen LogP contribution < -0.4 is 10.6 Å². The Morgan fingerprint density at radius 3 is 2.71 bits per heavy atom. The van der Waals surface area contributed by atoms with Gasteiger partial charge >= 0.3 is 0 Å². The summed E-state index contributed by atoms with van der Waals surface area (Å²) in [6, 6.07) is 0. The molecule has 0 aromatic carbocycles. The molecule has 1 aliphatic carbocycles. The summed E-state index contributed by atoms with van der Waals surface area (Å²) in [6.07, 6.45) is 3.94. The number of piperazine rings is 1. The van der Waals surface area contributed by atoms with Gasteiger partial charge in [0.2, 0.25) is 5.91 Å². The van der Waals surface area contributed by atoms with E-state index in [-0.39, 0.29) is 11.8 Å². The highest BCUT2D eigenvalue weighted by Crippen LogP contribution is 2.25. The molecule has 1 aliphatic heterocycles. The minimum atomic E-state index is 0.119. The number of carbonyl (C=O) groups is 1. The molecule has 1 saturated heterocycles. The van der Waals surface area contributed by atoms with Crippen LogP contribution in [0.1, 0.15) is 26.2 Å². The number of rotatable bonds is 5. The predicted molar refractivity (Wildman–Crippen MR) is 68.8 cm³/mol. The van der Waals surface area contributed by atoms with E-state index in [1.807, 2.05) is 6.92 Å². The zero-order valence-electron chi connectivity index (χ0n) is 10.9. The third-order valence-corrected chi connectivity index (χ3v) is 3.98. The smallest absolute Gasteiger partial charge is 0.224 e. The fraction of sp³-hybridized carbons (Fsp3) is 0.923. The van der Waals surface area contributed by atoms with Crippen molar-refractivity contribution < 1.29 is 4.79 Å². The second-order valence-corrected chi connectivity index (χ2v) is 5.49. The molecule has 0 radical (unpaired) electrons. The number of carbonyl (C=O) groups excluding carboxylic acids is 1. The Morgan fingerprint density at radius 1 is 1.41 bits per heavy atom. The second-order valence-electron chi connectivity index (χ2n) is 5.49. The number of nitrogens with one attached hydrogen (secondary N) is 2. The van der Waals surface area contributed by atoms with Crippen LogP contribution in [0.15, 0.2) is 0 Å². The molecule has 0 aromatic rings. The molecule has 4 nitrogen and oxygen atoms in total. The predicted octanol–water partition coefficient (Wildman–Crippen LogP) is 0.444. The summed E-state index contributed by atoms with van der Waals surface area (Å²) in [5.74, 6) is 1.11. The summed E-state index contributed by atoms with van der Waals surface area (Å²) in [5.41, 5.74) is 0. The molecule has 1 amide bonds. The van der Waals surface area contributed by atoms with Gasteiger partial charge in [-0.15, -0.1) is 0 Å². The summed E-state index contributed by atoms with van der Waals surface area (Å²) < 4.78 is 0. The quantitative estimate of drug-likeness (QED) is 0.732. The number of nitrogens with zero attached hydrogens (tertiary/aromatic N) is 1. The van der Waals surface area contributed by atoms with E-state index in [0.717, 1.165) is 45.2 Å². The van der Waals surface area contributed by atoms with Crippen LogP contribution in [0.4, 0.5) is 0 Å². The molecule has 0 bridgehead atoms. The number of hydrogen-bond donors (Lipinski definition) is 2. The minimum Gasteiger partial charge on any atom is -0.356 e. The van der Waals surface area contributed by atoms with Crippen LogP contribution in [-0.4, -0.2) is 50.1 Å². The fourth-order valence-electron chi connectivity index (χ4n) is 2.48. The molecule has 1 unspecified atom stereocenters. The Morgan fingerprint density at radius 2 is 2.12 bits per heavy atom. The largest absolute Gasteiger partial charge is 0.356 e. The van der Waals surface area contributed by atoms with E-state index in [4.69, 9.17) is 0 Å². The average Bonchev–Trinajstić information content (AvgIpc) is 2.28. The molecule has 1 atom stereocenters. The van der Waals surface area contributed by atoms with Gasteiger partial charge in [0, 0.05) is 45.2 Å². The van der Waals surface area contributed by atoms with E-state index < -0.39 is 0 Å². The molecular formula is C13H25N3O. The first-order valence-electron chi connectivity index (χ1n) is 6.96. The molecule has 2 fully saturated rings. The van der Waals surface area contributed by atoms with Gasteiger partial charge in [-0.25, -0.2) is 0 Å². The van der Waals surface area contributed by atoms with E-state index in [9.17, 15) is 4.79 Å². The van der Waals surface area contributed by atoms with Crippen LogP contribution in [0.25, 0.3) is 0 Å². The molecule has 4 heteroatoms. The highest BCUT2D eigenvalue weighted by atomic mass is 16.1. The SMILES string of the molecule is CC(CN1CCNCC1)C(=O)NCC1CCC1. The maximum absolute atomic E-state index is 11.9. The van der Waals surface area contributed by atoms with E-state index >= 15 is 0 Å². The van der Waals surface area contributed by atoms with Crippen molar-refractivity contribution in [2.24, 2.45) is 11.8 Å². The normalized spacial score (nSPS) is 24.1. The summed E-state index contributed by atoms with van der Waals surface area (Å²) in [5, 5.41) is 6.42. The Bertz CT molecular complexity index is 247. The van der Waals surface area contributed by atoms with Gasteiger partial charge in [0.1, 0.15) is 0 Å².